The van der Waals surface area contributed by atoms with Crippen molar-refractivity contribution in [3.8, 4) is 22.6 Å². The number of thiazole rings is 1. The van der Waals surface area contributed by atoms with Gasteiger partial charge in [-0.15, -0.1) is 11.3 Å². The minimum absolute atomic E-state index is 0.0982. The number of ether oxygens (including phenoxy) is 1. The molecule has 1 saturated heterocycles. The topological polar surface area (TPSA) is 110 Å². The fraction of sp³-hybridized carbons (Fsp3) is 0.156. The number of benzene rings is 2. The maximum absolute atomic E-state index is 12.7. The highest BCUT2D eigenvalue weighted by Crippen LogP contribution is 2.35. The molecule has 11 heteroatoms. The maximum Gasteiger partial charge on any atom is 0.228 e. The van der Waals surface area contributed by atoms with E-state index in [4.69, 9.17) is 14.7 Å². The van der Waals surface area contributed by atoms with Gasteiger partial charge in [0.15, 0.2) is 4.96 Å². The number of morpholine rings is 1. The van der Waals surface area contributed by atoms with Gasteiger partial charge in [0.05, 0.1) is 31.0 Å². The van der Waals surface area contributed by atoms with E-state index in [1.165, 1.54) is 5.69 Å². The van der Waals surface area contributed by atoms with Gasteiger partial charge in [0.1, 0.15) is 5.69 Å². The first-order valence-corrected chi connectivity index (χ1v) is 14.9. The van der Waals surface area contributed by atoms with Crippen molar-refractivity contribution < 1.29 is 9.53 Å². The van der Waals surface area contributed by atoms with Crippen LogP contribution in [-0.2, 0) is 16.0 Å². The van der Waals surface area contributed by atoms with Gasteiger partial charge in [-0.25, -0.2) is 15.0 Å². The highest BCUT2D eigenvalue weighted by atomic mass is 32.1. The van der Waals surface area contributed by atoms with Crippen LogP contribution in [0.2, 0.25) is 0 Å². The van der Waals surface area contributed by atoms with Crippen LogP contribution in [0.15, 0.2) is 96.9 Å². The molecule has 0 atom stereocenters. The lowest BCUT2D eigenvalue weighted by Crippen LogP contribution is -2.36. The lowest BCUT2D eigenvalue weighted by Gasteiger charge is -2.28. The zero-order chi connectivity index (χ0) is 29.0. The highest BCUT2D eigenvalue weighted by molar-refractivity contribution is 7.15. The minimum Gasteiger partial charge on any atom is -0.378 e. The van der Waals surface area contributed by atoms with Gasteiger partial charge in [0.2, 0.25) is 11.9 Å². The molecule has 4 aromatic heterocycles. The molecule has 1 amide bonds. The van der Waals surface area contributed by atoms with Gasteiger partial charge in [-0.3, -0.25) is 14.2 Å². The van der Waals surface area contributed by atoms with E-state index in [9.17, 15) is 4.79 Å². The van der Waals surface area contributed by atoms with Crippen molar-refractivity contribution >= 4 is 45.2 Å². The molecular formula is C32H28N8O2S. The maximum atomic E-state index is 12.7. The Bertz CT molecular complexity index is 1860. The molecule has 6 aromatic rings. The zero-order valence-electron chi connectivity index (χ0n) is 23.2. The number of amides is 1. The first kappa shape index (κ1) is 26.7. The molecule has 0 radical (unpaired) electrons. The molecule has 2 aromatic carbocycles. The third-order valence-electron chi connectivity index (χ3n) is 7.19. The number of hydrogen-bond donors (Lipinski definition) is 2. The molecule has 214 valence electrons. The van der Waals surface area contributed by atoms with Gasteiger partial charge in [-0.2, -0.15) is 0 Å². The predicted octanol–water partition coefficient (Wildman–Crippen LogP) is 5.68. The molecule has 1 aliphatic heterocycles. The fourth-order valence-corrected chi connectivity index (χ4v) is 5.84. The van der Waals surface area contributed by atoms with Crippen molar-refractivity contribution in [2.24, 2.45) is 0 Å². The number of anilines is 4. The summed E-state index contributed by atoms with van der Waals surface area (Å²) in [6, 6.07) is 21.6. The predicted molar refractivity (Wildman–Crippen MR) is 169 cm³/mol. The summed E-state index contributed by atoms with van der Waals surface area (Å²) < 4.78 is 7.51. The number of imidazole rings is 1. The number of pyridine rings is 1. The van der Waals surface area contributed by atoms with Crippen LogP contribution >= 0.6 is 11.3 Å². The smallest absolute Gasteiger partial charge is 0.228 e. The minimum atomic E-state index is -0.0982. The molecule has 0 spiro atoms. The Hall–Kier alpha value is -5.13. The van der Waals surface area contributed by atoms with Crippen molar-refractivity contribution in [3.63, 3.8) is 0 Å². The van der Waals surface area contributed by atoms with Crippen LogP contribution in [0, 0.1) is 0 Å². The van der Waals surface area contributed by atoms with Crippen LogP contribution in [0.1, 0.15) is 5.56 Å². The summed E-state index contributed by atoms with van der Waals surface area (Å²) in [6.07, 6.45) is 7.38. The number of aromatic nitrogens is 5. The molecule has 7 rings (SSSR count). The van der Waals surface area contributed by atoms with Gasteiger partial charge < -0.3 is 20.3 Å². The second-order valence-corrected chi connectivity index (χ2v) is 10.9. The normalized spacial score (nSPS) is 13.3. The fourth-order valence-electron chi connectivity index (χ4n) is 5.12. The van der Waals surface area contributed by atoms with E-state index in [0.717, 1.165) is 65.2 Å². The molecule has 1 aliphatic rings. The number of nitrogens with zero attached hydrogens (tertiary/aromatic N) is 6. The van der Waals surface area contributed by atoms with Crippen LogP contribution in [0.5, 0.6) is 0 Å². The Balaban J connectivity index is 1.14. The van der Waals surface area contributed by atoms with E-state index >= 15 is 0 Å². The monoisotopic (exact) mass is 588 g/mol. The van der Waals surface area contributed by atoms with Crippen LogP contribution < -0.4 is 15.5 Å². The Labute approximate surface area is 252 Å². The SMILES string of the molecule is O=C(Cc1ccncc1)Nc1cccc(-c2nc3sccn3c2-c2ccnc(Nc3ccc(N4CCOCC4)cc3)n2)c1. The second-order valence-electron chi connectivity index (χ2n) is 10.1. The van der Waals surface area contributed by atoms with E-state index < -0.39 is 0 Å². The number of fused-ring (bicyclic) bond motifs is 1. The molecule has 5 heterocycles. The Morgan fingerprint density at radius 3 is 2.60 bits per heavy atom. The first-order chi connectivity index (χ1) is 21.2. The summed E-state index contributed by atoms with van der Waals surface area (Å²) in [4.78, 5) is 34.2. The number of rotatable bonds is 8. The molecule has 0 aliphatic carbocycles. The largest absolute Gasteiger partial charge is 0.378 e. The summed E-state index contributed by atoms with van der Waals surface area (Å²) in [7, 11) is 0. The van der Waals surface area contributed by atoms with Crippen molar-refractivity contribution in [3.05, 3.63) is 102 Å². The number of hydrogen-bond acceptors (Lipinski definition) is 9. The number of carbonyl (C=O) groups is 1. The zero-order valence-corrected chi connectivity index (χ0v) is 24.0. The summed E-state index contributed by atoms with van der Waals surface area (Å²) in [6.45, 7) is 3.28. The van der Waals surface area contributed by atoms with E-state index in [2.05, 4.69) is 37.6 Å². The standard InChI is InChI=1S/C32H28N8O2S/c41-28(20-22-8-11-33-12-9-22)35-25-3-1-2-23(21-25)29-30(40-16-19-43-32(40)38-29)27-10-13-34-31(37-27)36-24-4-6-26(7-5-24)39-14-17-42-18-15-39/h1-13,16,19,21H,14-15,17-18,20H2,(H,35,41)(H,34,36,37). The van der Waals surface area contributed by atoms with Gasteiger partial charge in [0, 0.05) is 65.9 Å². The lowest BCUT2D eigenvalue weighted by atomic mass is 10.1. The van der Waals surface area contributed by atoms with E-state index in [0.29, 0.717) is 11.6 Å². The Morgan fingerprint density at radius 2 is 1.77 bits per heavy atom. The van der Waals surface area contributed by atoms with Gasteiger partial charge in [0.25, 0.3) is 0 Å². The molecule has 1 fully saturated rings. The third kappa shape index (κ3) is 5.94. The van der Waals surface area contributed by atoms with E-state index in [1.54, 1.807) is 29.9 Å². The summed E-state index contributed by atoms with van der Waals surface area (Å²) in [5.74, 6) is 0.392. The van der Waals surface area contributed by atoms with Gasteiger partial charge >= 0.3 is 0 Å². The highest BCUT2D eigenvalue weighted by Gasteiger charge is 2.19. The van der Waals surface area contributed by atoms with Crippen molar-refractivity contribution in [1.82, 2.24) is 24.3 Å². The molecule has 0 saturated carbocycles. The molecule has 10 nitrogen and oxygen atoms in total. The quantitative estimate of drug-likeness (QED) is 0.234. The van der Waals surface area contributed by atoms with Crippen molar-refractivity contribution in [2.75, 3.05) is 41.8 Å². The lowest BCUT2D eigenvalue weighted by molar-refractivity contribution is -0.115. The third-order valence-corrected chi connectivity index (χ3v) is 7.95. The molecule has 0 unspecified atom stereocenters. The average molecular weight is 589 g/mol. The molecule has 0 bridgehead atoms. The molecule has 43 heavy (non-hydrogen) atoms. The Kier molecular flexibility index (Phi) is 7.47. The summed E-state index contributed by atoms with van der Waals surface area (Å²) in [5.41, 5.74) is 6.91. The van der Waals surface area contributed by atoms with Crippen molar-refractivity contribution in [1.29, 1.82) is 0 Å². The summed E-state index contributed by atoms with van der Waals surface area (Å²) >= 11 is 1.55. The van der Waals surface area contributed by atoms with Gasteiger partial charge in [-0.05, 0) is 60.2 Å². The average Bonchev–Trinajstić information content (AvgIpc) is 3.65. The van der Waals surface area contributed by atoms with Crippen LogP contribution in [0.3, 0.4) is 0 Å². The van der Waals surface area contributed by atoms with Crippen molar-refractivity contribution in [2.45, 2.75) is 6.42 Å². The van der Waals surface area contributed by atoms with E-state index in [-0.39, 0.29) is 12.3 Å². The van der Waals surface area contributed by atoms with Crippen LogP contribution in [-0.4, -0.2) is 56.5 Å². The van der Waals surface area contributed by atoms with Crippen LogP contribution in [0.4, 0.5) is 23.0 Å². The van der Waals surface area contributed by atoms with Gasteiger partial charge in [-0.1, -0.05) is 12.1 Å². The first-order valence-electron chi connectivity index (χ1n) is 14.0. The molecule has 2 N–H and O–H groups in total. The van der Waals surface area contributed by atoms with E-state index in [1.807, 2.05) is 70.6 Å². The number of nitrogens with one attached hydrogen (secondary N) is 2. The molecular weight excluding hydrogens is 560 g/mol. The second kappa shape index (κ2) is 12.0. The van der Waals surface area contributed by atoms with Crippen LogP contribution in [0.25, 0.3) is 27.6 Å². The Morgan fingerprint density at radius 1 is 0.930 bits per heavy atom. The number of carbonyl (C=O) groups excluding carboxylic acids is 1. The summed E-state index contributed by atoms with van der Waals surface area (Å²) in [5, 5.41) is 8.36.